The largest absolute Gasteiger partial charge is 0.327 e. The van der Waals surface area contributed by atoms with Crippen LogP contribution in [0.1, 0.15) is 30.7 Å². The van der Waals surface area contributed by atoms with Crippen molar-refractivity contribution in [3.63, 3.8) is 0 Å². The van der Waals surface area contributed by atoms with Gasteiger partial charge in [-0.1, -0.05) is 35.7 Å². The first-order valence-electron chi connectivity index (χ1n) is 4.89. The number of rotatable bonds is 1. The molecular weight excluding hydrogens is 252 g/mol. The Balaban J connectivity index is 0.00000112. The van der Waals surface area contributed by atoms with Crippen LogP contribution in [0.3, 0.4) is 0 Å². The first-order valence-corrected chi connectivity index (χ1v) is 5.64. The molecule has 15 heavy (non-hydrogen) atoms. The first kappa shape index (κ1) is 13.1. The summed E-state index contributed by atoms with van der Waals surface area (Å²) < 4.78 is 0. The second kappa shape index (κ2) is 5.40. The molecule has 1 nitrogen and oxygen atoms in total. The second-order valence-corrected chi connectivity index (χ2v) is 4.69. The molecule has 0 heterocycles. The van der Waals surface area contributed by atoms with E-state index >= 15 is 0 Å². The smallest absolute Gasteiger partial charge is 0.0595 e. The van der Waals surface area contributed by atoms with Crippen LogP contribution in [-0.4, -0.2) is 6.04 Å². The van der Waals surface area contributed by atoms with E-state index in [1.807, 2.05) is 18.2 Å². The molecule has 0 bridgehead atoms. The summed E-state index contributed by atoms with van der Waals surface area (Å²) in [5.74, 6) is 0.463. The molecule has 1 aliphatic carbocycles. The molecule has 2 rings (SSSR count). The number of benzene rings is 1. The third kappa shape index (κ3) is 2.79. The SMILES string of the molecule is Cl.N[C@@H]1CCC[C@@H]1c1ccc(Cl)c(Cl)c1. The Bertz CT molecular complexity index is 341. The highest BCUT2D eigenvalue weighted by atomic mass is 35.5. The van der Waals surface area contributed by atoms with Crippen LogP contribution in [-0.2, 0) is 0 Å². The standard InChI is InChI=1S/C11H13Cl2N.ClH/c12-9-5-4-7(6-10(9)13)8-2-1-3-11(8)14;/h4-6,8,11H,1-3,14H2;1H/t8-,11-;/m1./s1. The van der Waals surface area contributed by atoms with Crippen LogP contribution in [0.15, 0.2) is 18.2 Å². The Kier molecular flexibility index (Phi) is 4.72. The van der Waals surface area contributed by atoms with E-state index < -0.39 is 0 Å². The fraction of sp³-hybridized carbons (Fsp3) is 0.455. The van der Waals surface area contributed by atoms with Gasteiger partial charge in [-0.2, -0.15) is 0 Å². The molecule has 1 aromatic carbocycles. The van der Waals surface area contributed by atoms with E-state index in [-0.39, 0.29) is 18.4 Å². The molecule has 0 radical (unpaired) electrons. The Morgan fingerprint density at radius 3 is 2.40 bits per heavy atom. The quantitative estimate of drug-likeness (QED) is 0.816. The molecule has 1 aliphatic rings. The Hall–Kier alpha value is 0.0500. The van der Waals surface area contributed by atoms with Crippen LogP contribution in [0, 0.1) is 0 Å². The van der Waals surface area contributed by atoms with Crippen LogP contribution >= 0.6 is 35.6 Å². The van der Waals surface area contributed by atoms with Gasteiger partial charge >= 0.3 is 0 Å². The lowest BCUT2D eigenvalue weighted by molar-refractivity contribution is 0.613. The molecule has 4 heteroatoms. The summed E-state index contributed by atoms with van der Waals surface area (Å²) in [5.41, 5.74) is 7.25. The van der Waals surface area contributed by atoms with Gasteiger partial charge in [-0.3, -0.25) is 0 Å². The zero-order valence-corrected chi connectivity index (χ0v) is 10.6. The monoisotopic (exact) mass is 265 g/mol. The zero-order valence-electron chi connectivity index (χ0n) is 8.25. The topological polar surface area (TPSA) is 26.0 Å². The van der Waals surface area contributed by atoms with E-state index in [9.17, 15) is 0 Å². The summed E-state index contributed by atoms with van der Waals surface area (Å²) in [6.45, 7) is 0. The minimum atomic E-state index is 0. The molecule has 2 atom stereocenters. The minimum Gasteiger partial charge on any atom is -0.327 e. The van der Waals surface area contributed by atoms with E-state index in [2.05, 4.69) is 0 Å². The normalized spacial score (nSPS) is 25.0. The minimum absolute atomic E-state index is 0. The van der Waals surface area contributed by atoms with Crippen molar-refractivity contribution in [1.82, 2.24) is 0 Å². The Morgan fingerprint density at radius 2 is 1.87 bits per heavy atom. The molecule has 0 spiro atoms. The van der Waals surface area contributed by atoms with E-state index in [0.29, 0.717) is 16.0 Å². The van der Waals surface area contributed by atoms with Gasteiger partial charge in [0.05, 0.1) is 10.0 Å². The second-order valence-electron chi connectivity index (χ2n) is 3.87. The average Bonchev–Trinajstić information content (AvgIpc) is 2.57. The van der Waals surface area contributed by atoms with Crippen molar-refractivity contribution in [3.05, 3.63) is 33.8 Å². The summed E-state index contributed by atoms with van der Waals surface area (Å²) in [6.07, 6.45) is 3.50. The summed E-state index contributed by atoms with van der Waals surface area (Å²) in [5, 5.41) is 1.24. The third-order valence-electron chi connectivity index (χ3n) is 2.94. The zero-order chi connectivity index (χ0) is 10.1. The van der Waals surface area contributed by atoms with Crippen LogP contribution < -0.4 is 5.73 Å². The lowest BCUT2D eigenvalue weighted by Crippen LogP contribution is -2.22. The fourth-order valence-electron chi connectivity index (χ4n) is 2.15. The summed E-state index contributed by atoms with van der Waals surface area (Å²) >= 11 is 11.8. The maximum Gasteiger partial charge on any atom is 0.0595 e. The van der Waals surface area contributed by atoms with Gasteiger partial charge in [0.2, 0.25) is 0 Å². The highest BCUT2D eigenvalue weighted by Gasteiger charge is 2.25. The van der Waals surface area contributed by atoms with E-state index in [1.165, 1.54) is 18.4 Å². The van der Waals surface area contributed by atoms with Gasteiger partial charge in [-0.15, -0.1) is 12.4 Å². The van der Waals surface area contributed by atoms with Crippen molar-refractivity contribution in [3.8, 4) is 0 Å². The van der Waals surface area contributed by atoms with Gasteiger partial charge in [0.1, 0.15) is 0 Å². The number of hydrogen-bond acceptors (Lipinski definition) is 1. The van der Waals surface area contributed by atoms with Crippen molar-refractivity contribution in [1.29, 1.82) is 0 Å². The maximum atomic E-state index is 6.02. The predicted molar refractivity (Wildman–Crippen MR) is 68.3 cm³/mol. The van der Waals surface area contributed by atoms with Crippen molar-refractivity contribution < 1.29 is 0 Å². The highest BCUT2D eigenvalue weighted by molar-refractivity contribution is 6.42. The van der Waals surface area contributed by atoms with Gasteiger partial charge in [-0.05, 0) is 36.5 Å². The first-order chi connectivity index (χ1) is 6.68. The molecule has 1 saturated carbocycles. The molecule has 84 valence electrons. The number of nitrogens with two attached hydrogens (primary N) is 1. The van der Waals surface area contributed by atoms with E-state index in [1.54, 1.807) is 0 Å². The lowest BCUT2D eigenvalue weighted by atomic mass is 9.95. The molecule has 0 aromatic heterocycles. The van der Waals surface area contributed by atoms with Gasteiger partial charge in [0.15, 0.2) is 0 Å². The van der Waals surface area contributed by atoms with Crippen LogP contribution in [0.5, 0.6) is 0 Å². The Morgan fingerprint density at radius 1 is 1.13 bits per heavy atom. The van der Waals surface area contributed by atoms with Crippen LogP contribution in [0.4, 0.5) is 0 Å². The molecule has 1 aromatic rings. The summed E-state index contributed by atoms with van der Waals surface area (Å²) in [7, 11) is 0. The third-order valence-corrected chi connectivity index (χ3v) is 3.68. The lowest BCUT2D eigenvalue weighted by Gasteiger charge is -2.16. The van der Waals surface area contributed by atoms with Gasteiger partial charge in [-0.25, -0.2) is 0 Å². The summed E-state index contributed by atoms with van der Waals surface area (Å²) in [4.78, 5) is 0. The van der Waals surface area contributed by atoms with Crippen molar-refractivity contribution in [2.24, 2.45) is 5.73 Å². The molecule has 0 unspecified atom stereocenters. The molecule has 0 aliphatic heterocycles. The van der Waals surface area contributed by atoms with Crippen LogP contribution in [0.25, 0.3) is 0 Å². The van der Waals surface area contributed by atoms with Gasteiger partial charge < -0.3 is 5.73 Å². The van der Waals surface area contributed by atoms with Crippen molar-refractivity contribution in [2.75, 3.05) is 0 Å². The maximum absolute atomic E-state index is 6.02. The molecule has 1 fully saturated rings. The van der Waals surface area contributed by atoms with E-state index in [0.717, 1.165) is 6.42 Å². The molecule has 0 amide bonds. The average molecular weight is 267 g/mol. The van der Waals surface area contributed by atoms with Crippen LogP contribution in [0.2, 0.25) is 10.0 Å². The summed E-state index contributed by atoms with van der Waals surface area (Å²) in [6, 6.07) is 6.11. The Labute approximate surface area is 106 Å². The highest BCUT2D eigenvalue weighted by Crippen LogP contribution is 2.35. The number of hydrogen-bond donors (Lipinski definition) is 1. The van der Waals surface area contributed by atoms with E-state index in [4.69, 9.17) is 28.9 Å². The van der Waals surface area contributed by atoms with Crippen molar-refractivity contribution >= 4 is 35.6 Å². The van der Waals surface area contributed by atoms with Gasteiger partial charge in [0.25, 0.3) is 0 Å². The van der Waals surface area contributed by atoms with Crippen molar-refractivity contribution in [2.45, 2.75) is 31.2 Å². The molecular formula is C11H14Cl3N. The number of halogens is 3. The predicted octanol–water partition coefficient (Wildman–Crippen LogP) is 4.01. The molecule has 2 N–H and O–H groups in total. The fourth-order valence-corrected chi connectivity index (χ4v) is 2.45. The molecule has 0 saturated heterocycles. The van der Waals surface area contributed by atoms with Gasteiger partial charge in [0, 0.05) is 6.04 Å².